The largest absolute Gasteiger partial charge is 0.486 e. The van der Waals surface area contributed by atoms with Gasteiger partial charge >= 0.3 is 0 Å². The first-order valence-corrected chi connectivity index (χ1v) is 7.61. The summed E-state index contributed by atoms with van der Waals surface area (Å²) in [6.45, 7) is 2.26. The van der Waals surface area contributed by atoms with E-state index in [1.165, 1.54) is 12.1 Å². The van der Waals surface area contributed by atoms with E-state index in [2.05, 4.69) is 15.5 Å². The summed E-state index contributed by atoms with van der Waals surface area (Å²) in [5, 5.41) is 7.06. The van der Waals surface area contributed by atoms with E-state index in [1.54, 1.807) is 24.3 Å². The Kier molecular flexibility index (Phi) is 6.55. The molecule has 0 aliphatic heterocycles. The van der Waals surface area contributed by atoms with E-state index >= 15 is 0 Å². The lowest BCUT2D eigenvalue weighted by molar-refractivity contribution is 0.270. The van der Waals surface area contributed by atoms with Crippen LogP contribution in [0.2, 0.25) is 0 Å². The summed E-state index contributed by atoms with van der Waals surface area (Å²) in [4.78, 5) is 4.32. The van der Waals surface area contributed by atoms with Crippen LogP contribution in [0.3, 0.4) is 0 Å². The van der Waals surface area contributed by atoms with Crippen molar-refractivity contribution in [2.24, 2.45) is 0 Å². The molecule has 8 heteroatoms. The summed E-state index contributed by atoms with van der Waals surface area (Å²) in [5.41, 5.74) is 0. The van der Waals surface area contributed by atoms with E-state index in [4.69, 9.17) is 13.7 Å². The third kappa shape index (κ3) is 5.04. The number of hydrogen-bond acceptors (Lipinski definition) is 6. The number of halogens is 2. The Morgan fingerprint density at radius 2 is 1.96 bits per heavy atom. The molecule has 0 aliphatic rings. The third-order valence-electron chi connectivity index (χ3n) is 3.52. The van der Waals surface area contributed by atoms with Gasteiger partial charge < -0.3 is 19.0 Å². The summed E-state index contributed by atoms with van der Waals surface area (Å²) in [6.07, 6.45) is 0.668. The Morgan fingerprint density at radius 3 is 2.68 bits per heavy atom. The van der Waals surface area contributed by atoms with Gasteiger partial charge in [-0.25, -0.2) is 4.39 Å². The van der Waals surface area contributed by atoms with Crippen LogP contribution < -0.4 is 10.1 Å². The zero-order valence-corrected chi connectivity index (χ0v) is 14.7. The van der Waals surface area contributed by atoms with Crippen molar-refractivity contribution in [1.29, 1.82) is 0 Å². The van der Waals surface area contributed by atoms with Crippen molar-refractivity contribution in [3.63, 3.8) is 0 Å². The quantitative estimate of drug-likeness (QED) is 0.687. The minimum atomic E-state index is -0.303. The molecule has 0 aliphatic carbocycles. The summed E-state index contributed by atoms with van der Waals surface area (Å²) in [5.74, 6) is 2.31. The predicted molar refractivity (Wildman–Crippen MR) is 92.2 cm³/mol. The highest BCUT2D eigenvalue weighted by molar-refractivity contribution is 5.85. The van der Waals surface area contributed by atoms with E-state index in [1.807, 2.05) is 14.0 Å². The van der Waals surface area contributed by atoms with E-state index in [-0.39, 0.29) is 30.9 Å². The van der Waals surface area contributed by atoms with Crippen molar-refractivity contribution in [3.05, 3.63) is 53.8 Å². The Hall–Kier alpha value is -2.38. The number of furan rings is 1. The zero-order valence-electron chi connectivity index (χ0n) is 13.9. The zero-order chi connectivity index (χ0) is 16.9. The molecule has 134 valence electrons. The molecular weight excluding hydrogens is 349 g/mol. The Labute approximate surface area is 150 Å². The fourth-order valence-electron chi connectivity index (χ4n) is 2.07. The second-order valence-corrected chi connectivity index (χ2v) is 5.42. The van der Waals surface area contributed by atoms with Gasteiger partial charge in [-0.2, -0.15) is 4.98 Å². The topological polar surface area (TPSA) is 73.3 Å². The van der Waals surface area contributed by atoms with Crippen LogP contribution in [0, 0.1) is 5.82 Å². The molecule has 0 saturated carbocycles. The van der Waals surface area contributed by atoms with Crippen LogP contribution >= 0.6 is 12.4 Å². The summed E-state index contributed by atoms with van der Waals surface area (Å²) in [7, 11) is 1.88. The van der Waals surface area contributed by atoms with E-state index in [0.717, 1.165) is 0 Å². The van der Waals surface area contributed by atoms with Gasteiger partial charge in [-0.3, -0.25) is 0 Å². The van der Waals surface area contributed by atoms with Gasteiger partial charge in [0.2, 0.25) is 0 Å². The average molecular weight is 368 g/mol. The Bertz CT molecular complexity index is 789. The molecule has 0 bridgehead atoms. The number of likely N-dealkylation sites (N-methyl/N-ethyl adjacent to an activating group) is 1. The number of hydrogen-bond donors (Lipinski definition) is 1. The number of nitrogens with one attached hydrogen (secondary N) is 1. The maximum Gasteiger partial charge on any atom is 0.293 e. The molecule has 2 aromatic heterocycles. The monoisotopic (exact) mass is 367 g/mol. The molecule has 0 saturated heterocycles. The van der Waals surface area contributed by atoms with Crippen molar-refractivity contribution in [1.82, 2.24) is 15.5 Å². The molecule has 1 unspecified atom stereocenters. The van der Waals surface area contributed by atoms with Crippen molar-refractivity contribution in [3.8, 4) is 17.4 Å². The summed E-state index contributed by atoms with van der Waals surface area (Å²) >= 11 is 0. The second kappa shape index (κ2) is 8.64. The van der Waals surface area contributed by atoms with Crippen LogP contribution in [0.25, 0.3) is 11.7 Å². The molecular formula is C17H19ClFN3O3. The summed E-state index contributed by atoms with van der Waals surface area (Å²) < 4.78 is 29.2. The molecule has 25 heavy (non-hydrogen) atoms. The van der Waals surface area contributed by atoms with Gasteiger partial charge in [0, 0.05) is 12.5 Å². The van der Waals surface area contributed by atoms with Crippen molar-refractivity contribution >= 4 is 12.4 Å². The molecule has 2 heterocycles. The fraction of sp³-hybridized carbons (Fsp3) is 0.294. The van der Waals surface area contributed by atoms with Crippen molar-refractivity contribution in [2.75, 3.05) is 7.05 Å². The third-order valence-corrected chi connectivity index (χ3v) is 3.52. The summed E-state index contributed by atoms with van der Waals surface area (Å²) in [6, 6.07) is 9.59. The minimum absolute atomic E-state index is 0. The van der Waals surface area contributed by atoms with Crippen LogP contribution in [0.5, 0.6) is 5.75 Å². The lowest BCUT2D eigenvalue weighted by Crippen LogP contribution is -2.24. The number of rotatable bonds is 7. The van der Waals surface area contributed by atoms with Gasteiger partial charge in [-0.1, -0.05) is 5.16 Å². The van der Waals surface area contributed by atoms with Gasteiger partial charge in [-0.05, 0) is 50.4 Å². The number of aromatic nitrogens is 2. The smallest absolute Gasteiger partial charge is 0.293 e. The molecule has 0 fully saturated rings. The van der Waals surface area contributed by atoms with Crippen LogP contribution in [0.1, 0.15) is 18.5 Å². The normalized spacial score (nSPS) is 11.8. The first-order chi connectivity index (χ1) is 11.6. The van der Waals surface area contributed by atoms with Crippen LogP contribution in [0.15, 0.2) is 45.3 Å². The molecule has 3 rings (SSSR count). The lowest BCUT2D eigenvalue weighted by atomic mass is 10.2. The average Bonchev–Trinajstić information content (AvgIpc) is 3.23. The van der Waals surface area contributed by atoms with Gasteiger partial charge in [0.1, 0.15) is 23.9 Å². The van der Waals surface area contributed by atoms with Crippen molar-refractivity contribution < 1.29 is 18.1 Å². The predicted octanol–water partition coefficient (Wildman–Crippen LogP) is 3.62. The van der Waals surface area contributed by atoms with Crippen molar-refractivity contribution in [2.45, 2.75) is 26.0 Å². The molecule has 6 nitrogen and oxygen atoms in total. The van der Waals surface area contributed by atoms with Crippen LogP contribution in [0.4, 0.5) is 4.39 Å². The minimum Gasteiger partial charge on any atom is -0.486 e. The fourth-order valence-corrected chi connectivity index (χ4v) is 2.07. The SMILES string of the molecule is CNC(C)Cc1noc(-c2ccc(COc3ccc(F)cc3)o2)n1.Cl. The van der Waals surface area contributed by atoms with Gasteiger partial charge in [0.15, 0.2) is 11.6 Å². The molecule has 1 aromatic carbocycles. The molecule has 0 radical (unpaired) electrons. The molecule has 1 atom stereocenters. The maximum absolute atomic E-state index is 12.8. The highest BCUT2D eigenvalue weighted by atomic mass is 35.5. The van der Waals surface area contributed by atoms with Crippen LogP contribution in [-0.2, 0) is 13.0 Å². The highest BCUT2D eigenvalue weighted by Gasteiger charge is 2.14. The number of benzene rings is 1. The highest BCUT2D eigenvalue weighted by Crippen LogP contribution is 2.22. The maximum atomic E-state index is 12.8. The van der Waals surface area contributed by atoms with E-state index in [0.29, 0.717) is 35.4 Å². The molecule has 0 amide bonds. The van der Waals surface area contributed by atoms with E-state index < -0.39 is 0 Å². The Balaban J connectivity index is 0.00000225. The first-order valence-electron chi connectivity index (χ1n) is 7.61. The van der Waals surface area contributed by atoms with E-state index in [9.17, 15) is 4.39 Å². The van der Waals surface area contributed by atoms with Gasteiger partial charge in [0.25, 0.3) is 5.89 Å². The van der Waals surface area contributed by atoms with Crippen LogP contribution in [-0.4, -0.2) is 23.2 Å². The lowest BCUT2D eigenvalue weighted by Gasteiger charge is -2.04. The standard InChI is InChI=1S/C17H18FN3O3.ClH/c1-11(19-2)9-16-20-17(24-21-16)15-8-7-14(23-15)10-22-13-5-3-12(18)4-6-13;/h3-8,11,19H,9-10H2,1-2H3;1H. The number of ether oxygens (including phenoxy) is 1. The van der Waals surface area contributed by atoms with Gasteiger partial charge in [-0.15, -0.1) is 12.4 Å². The molecule has 1 N–H and O–H groups in total. The first kappa shape index (κ1) is 19.0. The van der Waals surface area contributed by atoms with Gasteiger partial charge in [0.05, 0.1) is 0 Å². The number of nitrogens with zero attached hydrogens (tertiary/aromatic N) is 2. The molecule has 3 aromatic rings. The molecule has 0 spiro atoms. The second-order valence-electron chi connectivity index (χ2n) is 5.42. The Morgan fingerprint density at radius 1 is 1.20 bits per heavy atom.